The minimum Gasteiger partial charge on any atom is -0.493 e. The smallest absolute Gasteiger partial charge is 0.346 e. The Morgan fingerprint density at radius 1 is 0.829 bits per heavy atom. The van der Waals surface area contributed by atoms with Crippen molar-refractivity contribution in [3.8, 4) is 34.7 Å². The van der Waals surface area contributed by atoms with Gasteiger partial charge in [0, 0.05) is 6.54 Å². The molecule has 0 saturated heterocycles. The number of rotatable bonds is 12. The fraction of sp³-hybridized carbons (Fsp3) is 0.269. The molecule has 9 nitrogen and oxygen atoms in total. The summed E-state index contributed by atoms with van der Waals surface area (Å²) in [5, 5.41) is 15.3. The molecule has 0 fully saturated rings. The quantitative estimate of drug-likeness (QED) is 0.305. The first-order chi connectivity index (χ1) is 17.2. The lowest BCUT2D eigenvalue weighted by Crippen LogP contribution is -2.16. The molecule has 182 valence electrons. The summed E-state index contributed by atoms with van der Waals surface area (Å²) < 4.78 is 24.1. The van der Waals surface area contributed by atoms with Crippen molar-refractivity contribution in [1.29, 1.82) is 0 Å². The minimum atomic E-state index is 0.262. The average Bonchev–Trinajstić information content (AvgIpc) is 3.36. The van der Waals surface area contributed by atoms with Crippen molar-refractivity contribution in [2.24, 2.45) is 0 Å². The first-order valence-electron chi connectivity index (χ1n) is 11.4. The highest BCUT2D eigenvalue weighted by molar-refractivity contribution is 5.45. The molecular weight excluding hydrogens is 446 g/mol. The highest BCUT2D eigenvalue weighted by Gasteiger charge is 2.14. The number of hydrogen-bond donors (Lipinski definition) is 1. The van der Waals surface area contributed by atoms with E-state index in [1.165, 1.54) is 5.56 Å². The predicted molar refractivity (Wildman–Crippen MR) is 132 cm³/mol. The van der Waals surface area contributed by atoms with Gasteiger partial charge in [0.25, 0.3) is 0 Å². The third-order valence-corrected chi connectivity index (χ3v) is 5.32. The average molecular weight is 476 g/mol. The monoisotopic (exact) mass is 475 g/mol. The number of aromatic nitrogens is 4. The molecule has 3 aromatic carbocycles. The number of benzene rings is 3. The van der Waals surface area contributed by atoms with Crippen LogP contribution in [-0.4, -0.2) is 47.6 Å². The van der Waals surface area contributed by atoms with Gasteiger partial charge < -0.3 is 24.3 Å². The Hall–Kier alpha value is -4.11. The first kappa shape index (κ1) is 24.0. The lowest BCUT2D eigenvalue weighted by atomic mass is 10.1. The molecule has 1 N–H and O–H groups in total. The van der Waals surface area contributed by atoms with E-state index in [0.29, 0.717) is 24.7 Å². The highest BCUT2D eigenvalue weighted by atomic mass is 16.5. The fourth-order valence-corrected chi connectivity index (χ4v) is 3.59. The molecule has 1 heterocycles. The van der Waals surface area contributed by atoms with Gasteiger partial charge in [-0.1, -0.05) is 35.4 Å². The molecule has 0 atom stereocenters. The maximum atomic E-state index is 6.03. The van der Waals surface area contributed by atoms with Gasteiger partial charge in [-0.25, -0.2) is 0 Å². The van der Waals surface area contributed by atoms with Gasteiger partial charge in [-0.15, -0.1) is 0 Å². The molecule has 0 unspecified atom stereocenters. The van der Waals surface area contributed by atoms with Crippen molar-refractivity contribution in [1.82, 2.24) is 25.5 Å². The molecule has 0 spiro atoms. The number of ether oxygens (including phenoxy) is 4. The standard InChI is InChI=1S/C26H29N5O4/c1-4-34-25-17-20(18-27-15-14-19-10-12-22(32-2)24(16-19)33-3)11-13-23(25)35-26-28-29-30-31(26)21-8-6-5-7-9-21/h5-13,16-17,27H,4,14-15,18H2,1-3H3. The number of nitrogens with one attached hydrogen (secondary N) is 1. The molecule has 0 radical (unpaired) electrons. The summed E-state index contributed by atoms with van der Waals surface area (Å²) in [7, 11) is 3.28. The van der Waals surface area contributed by atoms with Crippen LogP contribution in [0, 0.1) is 0 Å². The summed E-state index contributed by atoms with van der Waals surface area (Å²) in [6.45, 7) is 3.95. The molecule has 0 saturated carbocycles. The summed E-state index contributed by atoms with van der Waals surface area (Å²) in [5.74, 6) is 2.65. The second-order valence-electron chi connectivity index (χ2n) is 7.64. The molecule has 0 aliphatic carbocycles. The third kappa shape index (κ3) is 6.07. The minimum absolute atomic E-state index is 0.262. The van der Waals surface area contributed by atoms with Crippen LogP contribution >= 0.6 is 0 Å². The van der Waals surface area contributed by atoms with Gasteiger partial charge in [0.05, 0.1) is 26.5 Å². The van der Waals surface area contributed by atoms with Gasteiger partial charge in [0.1, 0.15) is 0 Å². The van der Waals surface area contributed by atoms with Crippen LogP contribution in [0.4, 0.5) is 0 Å². The van der Waals surface area contributed by atoms with E-state index in [4.69, 9.17) is 18.9 Å². The van der Waals surface area contributed by atoms with Gasteiger partial charge in [-0.05, 0) is 77.8 Å². The Kier molecular flexibility index (Phi) is 8.13. The number of tetrazole rings is 1. The van der Waals surface area contributed by atoms with Gasteiger partial charge in [-0.3, -0.25) is 0 Å². The van der Waals surface area contributed by atoms with Crippen molar-refractivity contribution in [2.45, 2.75) is 19.9 Å². The summed E-state index contributed by atoms with van der Waals surface area (Å²) in [6, 6.07) is 21.7. The van der Waals surface area contributed by atoms with Crippen molar-refractivity contribution in [3.63, 3.8) is 0 Å². The van der Waals surface area contributed by atoms with Gasteiger partial charge >= 0.3 is 6.01 Å². The molecule has 0 aliphatic heterocycles. The second kappa shape index (κ2) is 11.8. The lowest BCUT2D eigenvalue weighted by molar-refractivity contribution is 0.315. The molecule has 9 heteroatoms. The number of hydrogen-bond acceptors (Lipinski definition) is 8. The van der Waals surface area contributed by atoms with E-state index in [0.717, 1.165) is 35.7 Å². The van der Waals surface area contributed by atoms with Crippen molar-refractivity contribution in [3.05, 3.63) is 77.9 Å². The zero-order valence-corrected chi connectivity index (χ0v) is 20.1. The van der Waals surface area contributed by atoms with E-state index >= 15 is 0 Å². The van der Waals surface area contributed by atoms with E-state index in [-0.39, 0.29) is 6.01 Å². The molecule has 4 rings (SSSR count). The van der Waals surface area contributed by atoms with Crippen LogP contribution in [0.3, 0.4) is 0 Å². The Bertz CT molecular complexity index is 1230. The molecular formula is C26H29N5O4. The van der Waals surface area contributed by atoms with E-state index < -0.39 is 0 Å². The normalized spacial score (nSPS) is 10.7. The number of nitrogens with zero attached hydrogens (tertiary/aromatic N) is 4. The van der Waals surface area contributed by atoms with Crippen LogP contribution in [0.25, 0.3) is 5.69 Å². The Labute approximate surface area is 204 Å². The Balaban J connectivity index is 1.39. The van der Waals surface area contributed by atoms with Gasteiger partial charge in [0.2, 0.25) is 0 Å². The molecule has 35 heavy (non-hydrogen) atoms. The molecule has 1 aromatic heterocycles. The molecule has 0 amide bonds. The second-order valence-corrected chi connectivity index (χ2v) is 7.64. The molecule has 0 bridgehead atoms. The largest absolute Gasteiger partial charge is 0.493 e. The first-order valence-corrected chi connectivity index (χ1v) is 11.4. The topological polar surface area (TPSA) is 92.6 Å². The van der Waals surface area contributed by atoms with Crippen LogP contribution in [-0.2, 0) is 13.0 Å². The van der Waals surface area contributed by atoms with Crippen molar-refractivity contribution >= 4 is 0 Å². The SMILES string of the molecule is CCOc1cc(CNCCc2ccc(OC)c(OC)c2)ccc1Oc1nnnn1-c1ccccc1. The van der Waals surface area contributed by atoms with Crippen LogP contribution in [0.1, 0.15) is 18.1 Å². The van der Waals surface area contributed by atoms with Crippen molar-refractivity contribution < 1.29 is 18.9 Å². The third-order valence-electron chi connectivity index (χ3n) is 5.32. The summed E-state index contributed by atoms with van der Waals surface area (Å²) in [4.78, 5) is 0. The maximum absolute atomic E-state index is 6.03. The molecule has 0 aliphatic rings. The predicted octanol–water partition coefficient (Wildman–Crippen LogP) is 4.20. The molecule has 4 aromatic rings. The van der Waals surface area contributed by atoms with Gasteiger partial charge in [0.15, 0.2) is 23.0 Å². The Morgan fingerprint density at radius 3 is 2.34 bits per heavy atom. The number of methoxy groups -OCH3 is 2. The number of para-hydroxylation sites is 1. The van der Waals surface area contributed by atoms with Crippen LogP contribution in [0.15, 0.2) is 66.7 Å². The van der Waals surface area contributed by atoms with E-state index in [1.807, 2.05) is 73.7 Å². The summed E-state index contributed by atoms with van der Waals surface area (Å²) >= 11 is 0. The summed E-state index contributed by atoms with van der Waals surface area (Å²) in [5.41, 5.74) is 3.06. The van der Waals surface area contributed by atoms with Crippen LogP contribution < -0.4 is 24.3 Å². The van der Waals surface area contributed by atoms with Gasteiger partial charge in [-0.2, -0.15) is 4.68 Å². The maximum Gasteiger partial charge on any atom is 0.346 e. The highest BCUT2D eigenvalue weighted by Crippen LogP contribution is 2.32. The van der Waals surface area contributed by atoms with Crippen molar-refractivity contribution in [2.75, 3.05) is 27.4 Å². The fourth-order valence-electron chi connectivity index (χ4n) is 3.59. The van der Waals surface area contributed by atoms with Crippen LogP contribution in [0.5, 0.6) is 29.0 Å². The van der Waals surface area contributed by atoms with Crippen LogP contribution in [0.2, 0.25) is 0 Å². The Morgan fingerprint density at radius 2 is 1.57 bits per heavy atom. The van der Waals surface area contributed by atoms with E-state index in [2.05, 4.69) is 20.8 Å². The van der Waals surface area contributed by atoms with E-state index in [1.54, 1.807) is 18.9 Å². The zero-order valence-electron chi connectivity index (χ0n) is 20.1. The zero-order chi connectivity index (χ0) is 24.5. The summed E-state index contributed by atoms with van der Waals surface area (Å²) in [6.07, 6.45) is 0.863. The lowest BCUT2D eigenvalue weighted by Gasteiger charge is -2.13. The van der Waals surface area contributed by atoms with E-state index in [9.17, 15) is 0 Å².